The second-order valence-corrected chi connectivity index (χ2v) is 8.02. The predicted molar refractivity (Wildman–Crippen MR) is 126 cm³/mol. The van der Waals surface area contributed by atoms with Crippen molar-refractivity contribution in [3.8, 4) is 11.3 Å². The van der Waals surface area contributed by atoms with Crippen molar-refractivity contribution in [1.82, 2.24) is 9.97 Å². The average Bonchev–Trinajstić information content (AvgIpc) is 3.28. The summed E-state index contributed by atoms with van der Waals surface area (Å²) in [6.45, 7) is 2.00. The van der Waals surface area contributed by atoms with Crippen LogP contribution in [0.15, 0.2) is 95.7 Å². The average molecular weight is 400 g/mol. The van der Waals surface area contributed by atoms with E-state index in [1.54, 1.807) is 6.26 Å². The number of furan rings is 1. The van der Waals surface area contributed by atoms with Gasteiger partial charge in [-0.15, -0.1) is 0 Å². The molecule has 0 radical (unpaired) electrons. The Morgan fingerprint density at radius 2 is 1.65 bits per heavy atom. The Bertz CT molecular complexity index is 1580. The standard InChI is InChI=1S/C28H20N2O/c1-18-6-9-24-25(17-23-11-13-31-28(23)27(24)30-18)26-16-20(10-12-29-26)14-19-7-8-21-4-2-3-5-22(21)15-19/h2-13,15-17H,14H2,1H3. The van der Waals surface area contributed by atoms with E-state index in [-0.39, 0.29) is 0 Å². The summed E-state index contributed by atoms with van der Waals surface area (Å²) >= 11 is 0. The molecule has 3 nitrogen and oxygen atoms in total. The van der Waals surface area contributed by atoms with Crippen LogP contribution in [0.25, 0.3) is 43.9 Å². The van der Waals surface area contributed by atoms with Crippen molar-refractivity contribution < 1.29 is 4.42 Å². The van der Waals surface area contributed by atoms with Crippen LogP contribution < -0.4 is 0 Å². The van der Waals surface area contributed by atoms with Gasteiger partial charge < -0.3 is 4.42 Å². The topological polar surface area (TPSA) is 38.9 Å². The molecule has 3 heterocycles. The lowest BCUT2D eigenvalue weighted by atomic mass is 9.98. The fourth-order valence-corrected chi connectivity index (χ4v) is 4.33. The van der Waals surface area contributed by atoms with Gasteiger partial charge in [-0.1, -0.05) is 48.5 Å². The fraction of sp³-hybridized carbons (Fsp3) is 0.0714. The summed E-state index contributed by atoms with van der Waals surface area (Å²) in [6, 6.07) is 27.7. The molecule has 6 rings (SSSR count). The molecule has 0 aliphatic rings. The van der Waals surface area contributed by atoms with Crippen LogP contribution in [0.3, 0.4) is 0 Å². The molecule has 0 unspecified atom stereocenters. The Balaban J connectivity index is 1.45. The van der Waals surface area contributed by atoms with Gasteiger partial charge in [-0.25, -0.2) is 4.98 Å². The van der Waals surface area contributed by atoms with Crippen LogP contribution in [0, 0.1) is 6.92 Å². The third-order valence-electron chi connectivity index (χ3n) is 5.86. The van der Waals surface area contributed by atoms with Gasteiger partial charge in [-0.3, -0.25) is 4.98 Å². The van der Waals surface area contributed by atoms with Crippen molar-refractivity contribution in [1.29, 1.82) is 0 Å². The number of rotatable bonds is 3. The zero-order valence-corrected chi connectivity index (χ0v) is 17.2. The van der Waals surface area contributed by atoms with E-state index in [2.05, 4.69) is 66.7 Å². The minimum atomic E-state index is 0.828. The Hall–Kier alpha value is -3.98. The van der Waals surface area contributed by atoms with E-state index in [0.29, 0.717) is 0 Å². The van der Waals surface area contributed by atoms with Crippen LogP contribution >= 0.6 is 0 Å². The van der Waals surface area contributed by atoms with E-state index >= 15 is 0 Å². The summed E-state index contributed by atoms with van der Waals surface area (Å²) in [6.07, 6.45) is 4.49. The zero-order chi connectivity index (χ0) is 20.8. The van der Waals surface area contributed by atoms with E-state index in [9.17, 15) is 0 Å². The maximum atomic E-state index is 5.73. The molecule has 0 bridgehead atoms. The summed E-state index contributed by atoms with van der Waals surface area (Å²) in [7, 11) is 0. The summed E-state index contributed by atoms with van der Waals surface area (Å²) in [5, 5.41) is 4.64. The maximum Gasteiger partial charge on any atom is 0.160 e. The normalized spacial score (nSPS) is 11.5. The highest BCUT2D eigenvalue weighted by molar-refractivity contribution is 6.09. The molecule has 0 saturated carbocycles. The number of hydrogen-bond donors (Lipinski definition) is 0. The lowest BCUT2D eigenvalue weighted by Gasteiger charge is -2.10. The molecule has 0 aliphatic carbocycles. The van der Waals surface area contributed by atoms with Gasteiger partial charge >= 0.3 is 0 Å². The highest BCUT2D eigenvalue weighted by atomic mass is 16.3. The van der Waals surface area contributed by atoms with Gasteiger partial charge in [-0.05, 0) is 65.6 Å². The monoisotopic (exact) mass is 400 g/mol. The van der Waals surface area contributed by atoms with Gasteiger partial charge in [0.05, 0.1) is 12.0 Å². The number of hydrogen-bond acceptors (Lipinski definition) is 3. The summed E-state index contributed by atoms with van der Waals surface area (Å²) in [5.74, 6) is 0. The van der Waals surface area contributed by atoms with Crippen molar-refractivity contribution >= 4 is 32.6 Å². The van der Waals surface area contributed by atoms with Crippen molar-refractivity contribution in [3.05, 3.63) is 108 Å². The molecule has 0 aliphatic heterocycles. The molecule has 0 spiro atoms. The second kappa shape index (κ2) is 7.06. The Labute approximate surface area is 180 Å². The third-order valence-corrected chi connectivity index (χ3v) is 5.86. The highest BCUT2D eigenvalue weighted by Gasteiger charge is 2.13. The maximum absolute atomic E-state index is 5.73. The zero-order valence-electron chi connectivity index (χ0n) is 17.2. The second-order valence-electron chi connectivity index (χ2n) is 8.02. The quantitative estimate of drug-likeness (QED) is 0.318. The lowest BCUT2D eigenvalue weighted by molar-refractivity contribution is 0.618. The first-order valence-corrected chi connectivity index (χ1v) is 10.5. The van der Waals surface area contributed by atoms with Gasteiger partial charge in [0, 0.05) is 28.2 Å². The number of fused-ring (bicyclic) bond motifs is 4. The number of benzene rings is 3. The summed E-state index contributed by atoms with van der Waals surface area (Å²) in [4.78, 5) is 9.47. The predicted octanol–water partition coefficient (Wildman–Crippen LogP) is 7.10. The molecule has 0 fully saturated rings. The Morgan fingerprint density at radius 1 is 0.774 bits per heavy atom. The number of aryl methyl sites for hydroxylation is 1. The highest BCUT2D eigenvalue weighted by Crippen LogP contribution is 2.34. The smallest absolute Gasteiger partial charge is 0.160 e. The van der Waals surface area contributed by atoms with Crippen LogP contribution in [0.2, 0.25) is 0 Å². The Morgan fingerprint density at radius 3 is 2.58 bits per heavy atom. The van der Waals surface area contributed by atoms with Crippen LogP contribution in [0.1, 0.15) is 16.8 Å². The van der Waals surface area contributed by atoms with E-state index in [0.717, 1.165) is 45.2 Å². The van der Waals surface area contributed by atoms with Gasteiger partial charge in [0.2, 0.25) is 0 Å². The molecule has 0 N–H and O–H groups in total. The Kier molecular flexibility index (Phi) is 4.07. The molecule has 148 valence electrons. The first-order chi connectivity index (χ1) is 15.2. The number of aromatic nitrogens is 2. The van der Waals surface area contributed by atoms with Crippen molar-refractivity contribution in [2.24, 2.45) is 0 Å². The third kappa shape index (κ3) is 3.15. The lowest BCUT2D eigenvalue weighted by Crippen LogP contribution is -1.93. The fourth-order valence-electron chi connectivity index (χ4n) is 4.33. The van der Waals surface area contributed by atoms with Gasteiger partial charge in [0.15, 0.2) is 5.58 Å². The SMILES string of the molecule is Cc1ccc2c(-c3cc(Cc4ccc5ccccc5c4)ccn3)cc3ccoc3c2n1. The van der Waals surface area contributed by atoms with Crippen molar-refractivity contribution in [2.45, 2.75) is 13.3 Å². The molecule has 3 aromatic heterocycles. The molecular weight excluding hydrogens is 380 g/mol. The minimum absolute atomic E-state index is 0.828. The minimum Gasteiger partial charge on any atom is -0.462 e. The molecule has 0 amide bonds. The van der Waals surface area contributed by atoms with Crippen LogP contribution in [0.4, 0.5) is 0 Å². The van der Waals surface area contributed by atoms with Crippen molar-refractivity contribution in [3.63, 3.8) is 0 Å². The molecule has 6 aromatic rings. The molecular formula is C28H20N2O. The molecule has 0 atom stereocenters. The van der Waals surface area contributed by atoms with E-state index in [4.69, 9.17) is 14.4 Å². The van der Waals surface area contributed by atoms with Gasteiger partial charge in [-0.2, -0.15) is 0 Å². The molecule has 31 heavy (non-hydrogen) atoms. The van der Waals surface area contributed by atoms with Crippen LogP contribution in [0.5, 0.6) is 0 Å². The summed E-state index contributed by atoms with van der Waals surface area (Å²) < 4.78 is 5.73. The molecule has 3 heteroatoms. The van der Waals surface area contributed by atoms with Crippen molar-refractivity contribution in [2.75, 3.05) is 0 Å². The molecule has 0 saturated heterocycles. The molecule has 3 aromatic carbocycles. The van der Waals surface area contributed by atoms with Gasteiger partial charge in [0.25, 0.3) is 0 Å². The number of nitrogens with zero attached hydrogens (tertiary/aromatic N) is 2. The van der Waals surface area contributed by atoms with E-state index in [1.165, 1.54) is 21.9 Å². The summed E-state index contributed by atoms with van der Waals surface area (Å²) in [5.41, 5.74) is 7.26. The van der Waals surface area contributed by atoms with E-state index in [1.807, 2.05) is 25.3 Å². The van der Waals surface area contributed by atoms with E-state index < -0.39 is 0 Å². The van der Waals surface area contributed by atoms with Gasteiger partial charge in [0.1, 0.15) is 5.52 Å². The first-order valence-electron chi connectivity index (χ1n) is 10.5. The number of pyridine rings is 2. The van der Waals surface area contributed by atoms with Crippen LogP contribution in [-0.4, -0.2) is 9.97 Å². The van der Waals surface area contributed by atoms with Crippen LogP contribution in [-0.2, 0) is 6.42 Å². The largest absolute Gasteiger partial charge is 0.462 e. The first kappa shape index (κ1) is 17.8.